The van der Waals surface area contributed by atoms with Crippen molar-refractivity contribution in [3.63, 3.8) is 0 Å². The Morgan fingerprint density at radius 3 is 2.50 bits per heavy atom. The fourth-order valence-corrected chi connectivity index (χ4v) is 1.14. The van der Waals surface area contributed by atoms with E-state index < -0.39 is 0 Å². The Labute approximate surface area is 77.8 Å². The van der Waals surface area contributed by atoms with E-state index in [2.05, 4.69) is 18.8 Å². The van der Waals surface area contributed by atoms with Gasteiger partial charge in [0.1, 0.15) is 4.64 Å². The second kappa shape index (κ2) is 3.83. The molecule has 0 amide bonds. The maximum atomic E-state index is 5.93. The molecule has 1 atom stereocenters. The number of nitrogens with two attached hydrogens (primary N) is 1. The Bertz CT molecular complexity index is 283. The predicted molar refractivity (Wildman–Crippen MR) is 53.4 cm³/mol. The van der Waals surface area contributed by atoms with Gasteiger partial charge in [0, 0.05) is 12.2 Å². The second-order valence-corrected chi connectivity index (χ2v) is 3.70. The summed E-state index contributed by atoms with van der Waals surface area (Å²) < 4.78 is 0.745. The standard InChI is InChI=1S/C9H14N2S/c1-6(2)9(10)7-3-4-8(12)11-5-7/h3-6,9H,10H2,1-2H3,(H,11,12)/t9-/m0/s1. The lowest BCUT2D eigenvalue weighted by Gasteiger charge is -2.15. The zero-order chi connectivity index (χ0) is 9.14. The average molecular weight is 182 g/mol. The molecule has 0 bridgehead atoms. The van der Waals surface area contributed by atoms with Crippen molar-refractivity contribution in [2.75, 3.05) is 0 Å². The van der Waals surface area contributed by atoms with Crippen molar-refractivity contribution in [1.29, 1.82) is 0 Å². The lowest BCUT2D eigenvalue weighted by molar-refractivity contribution is 0.513. The Morgan fingerprint density at radius 1 is 1.42 bits per heavy atom. The highest BCUT2D eigenvalue weighted by atomic mass is 32.1. The number of pyridine rings is 1. The summed E-state index contributed by atoms with van der Waals surface area (Å²) in [7, 11) is 0. The molecule has 0 aliphatic carbocycles. The molecule has 1 aromatic heterocycles. The molecule has 0 saturated heterocycles. The number of rotatable bonds is 2. The van der Waals surface area contributed by atoms with Crippen LogP contribution in [0.1, 0.15) is 25.5 Å². The van der Waals surface area contributed by atoms with E-state index in [1.165, 1.54) is 0 Å². The van der Waals surface area contributed by atoms with Gasteiger partial charge in [0.2, 0.25) is 0 Å². The summed E-state index contributed by atoms with van der Waals surface area (Å²) >= 11 is 4.93. The number of aromatic amines is 1. The maximum absolute atomic E-state index is 5.93. The average Bonchev–Trinajstić information content (AvgIpc) is 2.04. The van der Waals surface area contributed by atoms with E-state index in [-0.39, 0.29) is 6.04 Å². The summed E-state index contributed by atoms with van der Waals surface area (Å²) in [6, 6.07) is 3.94. The van der Waals surface area contributed by atoms with Crippen LogP contribution in [-0.4, -0.2) is 4.98 Å². The quantitative estimate of drug-likeness (QED) is 0.690. The Morgan fingerprint density at radius 2 is 2.08 bits per heavy atom. The molecule has 0 aliphatic rings. The van der Waals surface area contributed by atoms with Crippen LogP contribution in [0.5, 0.6) is 0 Å². The first kappa shape index (κ1) is 9.42. The van der Waals surface area contributed by atoms with Crippen molar-refractivity contribution in [2.24, 2.45) is 11.7 Å². The van der Waals surface area contributed by atoms with Crippen molar-refractivity contribution in [3.8, 4) is 0 Å². The lowest BCUT2D eigenvalue weighted by atomic mass is 9.99. The van der Waals surface area contributed by atoms with E-state index in [9.17, 15) is 0 Å². The highest BCUT2D eigenvalue weighted by Gasteiger charge is 2.08. The van der Waals surface area contributed by atoms with Crippen LogP contribution in [0.25, 0.3) is 0 Å². The van der Waals surface area contributed by atoms with Gasteiger partial charge in [-0.1, -0.05) is 32.1 Å². The van der Waals surface area contributed by atoms with Crippen molar-refractivity contribution in [3.05, 3.63) is 28.5 Å². The van der Waals surface area contributed by atoms with Gasteiger partial charge in [0.25, 0.3) is 0 Å². The molecule has 0 radical (unpaired) electrons. The van der Waals surface area contributed by atoms with Gasteiger partial charge in [-0.15, -0.1) is 0 Å². The summed E-state index contributed by atoms with van der Waals surface area (Å²) in [4.78, 5) is 2.97. The minimum atomic E-state index is 0.0943. The summed E-state index contributed by atoms with van der Waals surface area (Å²) in [6.07, 6.45) is 1.88. The topological polar surface area (TPSA) is 41.8 Å². The highest BCUT2D eigenvalue weighted by Crippen LogP contribution is 2.16. The number of hydrogen-bond donors (Lipinski definition) is 2. The predicted octanol–water partition coefficient (Wildman–Crippen LogP) is 2.40. The summed E-state index contributed by atoms with van der Waals surface area (Å²) in [5.41, 5.74) is 7.04. The number of hydrogen-bond acceptors (Lipinski definition) is 2. The number of H-pyrrole nitrogens is 1. The number of aromatic nitrogens is 1. The molecule has 3 N–H and O–H groups in total. The van der Waals surface area contributed by atoms with Gasteiger partial charge < -0.3 is 10.7 Å². The van der Waals surface area contributed by atoms with Gasteiger partial charge >= 0.3 is 0 Å². The highest BCUT2D eigenvalue weighted by molar-refractivity contribution is 7.71. The fourth-order valence-electron chi connectivity index (χ4n) is 1.01. The monoisotopic (exact) mass is 182 g/mol. The minimum Gasteiger partial charge on any atom is -0.353 e. The molecule has 12 heavy (non-hydrogen) atoms. The van der Waals surface area contributed by atoms with E-state index in [0.717, 1.165) is 10.2 Å². The zero-order valence-electron chi connectivity index (χ0n) is 7.37. The van der Waals surface area contributed by atoms with Crippen LogP contribution in [-0.2, 0) is 0 Å². The molecule has 1 heterocycles. The normalized spacial score (nSPS) is 13.3. The van der Waals surface area contributed by atoms with E-state index in [1.54, 1.807) is 0 Å². The summed E-state index contributed by atoms with van der Waals surface area (Å²) in [6.45, 7) is 4.21. The molecule has 0 aliphatic heterocycles. The van der Waals surface area contributed by atoms with E-state index in [0.29, 0.717) is 5.92 Å². The zero-order valence-corrected chi connectivity index (χ0v) is 8.19. The largest absolute Gasteiger partial charge is 0.353 e. The van der Waals surface area contributed by atoms with Gasteiger partial charge in [-0.2, -0.15) is 0 Å². The van der Waals surface area contributed by atoms with Crippen molar-refractivity contribution in [2.45, 2.75) is 19.9 Å². The minimum absolute atomic E-state index is 0.0943. The van der Waals surface area contributed by atoms with Crippen LogP contribution in [0.2, 0.25) is 0 Å². The molecule has 0 unspecified atom stereocenters. The molecule has 2 nitrogen and oxygen atoms in total. The summed E-state index contributed by atoms with van der Waals surface area (Å²) in [5, 5.41) is 0. The second-order valence-electron chi connectivity index (χ2n) is 3.26. The Kier molecular flexibility index (Phi) is 3.00. The van der Waals surface area contributed by atoms with E-state index >= 15 is 0 Å². The maximum Gasteiger partial charge on any atom is 0.103 e. The fraction of sp³-hybridized carbons (Fsp3) is 0.444. The third-order valence-corrected chi connectivity index (χ3v) is 2.17. The van der Waals surface area contributed by atoms with Crippen molar-refractivity contribution >= 4 is 12.2 Å². The van der Waals surface area contributed by atoms with Crippen molar-refractivity contribution in [1.82, 2.24) is 4.98 Å². The van der Waals surface area contributed by atoms with Gasteiger partial charge in [-0.05, 0) is 17.5 Å². The third kappa shape index (κ3) is 2.16. The smallest absolute Gasteiger partial charge is 0.103 e. The van der Waals surface area contributed by atoms with Gasteiger partial charge in [-0.25, -0.2) is 0 Å². The Balaban J connectivity index is 2.89. The first-order chi connectivity index (χ1) is 5.61. The first-order valence-corrected chi connectivity index (χ1v) is 4.46. The molecule has 0 aromatic carbocycles. The van der Waals surface area contributed by atoms with Gasteiger partial charge in [-0.3, -0.25) is 0 Å². The molecular weight excluding hydrogens is 168 g/mol. The van der Waals surface area contributed by atoms with E-state index in [1.807, 2.05) is 18.3 Å². The summed E-state index contributed by atoms with van der Waals surface area (Å²) in [5.74, 6) is 0.453. The first-order valence-electron chi connectivity index (χ1n) is 4.05. The van der Waals surface area contributed by atoms with Gasteiger partial charge in [0.05, 0.1) is 0 Å². The molecule has 0 saturated carbocycles. The molecular formula is C9H14N2S. The van der Waals surface area contributed by atoms with Crippen LogP contribution in [0.3, 0.4) is 0 Å². The third-order valence-electron chi connectivity index (χ3n) is 1.91. The molecule has 3 heteroatoms. The van der Waals surface area contributed by atoms with Gasteiger partial charge in [0.15, 0.2) is 0 Å². The van der Waals surface area contributed by atoms with Crippen LogP contribution in [0.4, 0.5) is 0 Å². The van der Waals surface area contributed by atoms with Crippen LogP contribution in [0, 0.1) is 10.6 Å². The van der Waals surface area contributed by atoms with Crippen molar-refractivity contribution < 1.29 is 0 Å². The molecule has 66 valence electrons. The van der Waals surface area contributed by atoms with Crippen LogP contribution < -0.4 is 5.73 Å². The Hall–Kier alpha value is -0.670. The molecule has 0 spiro atoms. The van der Waals surface area contributed by atoms with Crippen LogP contribution in [0.15, 0.2) is 18.3 Å². The molecule has 0 fully saturated rings. The van der Waals surface area contributed by atoms with E-state index in [4.69, 9.17) is 18.0 Å². The van der Waals surface area contributed by atoms with Crippen LogP contribution >= 0.6 is 12.2 Å². The lowest BCUT2D eigenvalue weighted by Crippen LogP contribution is -2.16. The molecule has 1 aromatic rings. The number of nitrogens with one attached hydrogen (secondary N) is 1. The SMILES string of the molecule is CC(C)[C@H](N)c1ccc(=S)[nH]c1. The molecule has 1 rings (SSSR count).